The van der Waals surface area contributed by atoms with E-state index in [4.69, 9.17) is 16.7 Å². The Morgan fingerprint density at radius 2 is 2.45 bits per heavy atom. The van der Waals surface area contributed by atoms with Crippen LogP contribution in [0, 0.1) is 0 Å². The van der Waals surface area contributed by atoms with Crippen LogP contribution in [0.4, 0.5) is 0 Å². The summed E-state index contributed by atoms with van der Waals surface area (Å²) in [7, 11) is 0. The van der Waals surface area contributed by atoms with Crippen LogP contribution in [-0.2, 0) is 4.79 Å². The number of rotatable bonds is 2. The highest BCUT2D eigenvalue weighted by molar-refractivity contribution is 7.11. The second-order valence-corrected chi connectivity index (χ2v) is 3.22. The zero-order chi connectivity index (χ0) is 8.27. The number of carbonyl (C=O) groups is 1. The van der Waals surface area contributed by atoms with Crippen LogP contribution in [-0.4, -0.2) is 11.1 Å². The number of aliphatic carboxylic acids is 1. The maximum Gasteiger partial charge on any atom is 0.328 e. The molecule has 0 bridgehead atoms. The summed E-state index contributed by atoms with van der Waals surface area (Å²) < 4.78 is 0. The molecule has 0 aliphatic rings. The second kappa shape index (κ2) is 3.55. The van der Waals surface area contributed by atoms with Crippen LogP contribution in [0.3, 0.4) is 0 Å². The van der Waals surface area contributed by atoms with Gasteiger partial charge in [-0.1, -0.05) is 11.6 Å². The van der Waals surface area contributed by atoms with Crippen molar-refractivity contribution in [3.8, 4) is 0 Å². The topological polar surface area (TPSA) is 37.3 Å². The molecular formula is C7H5ClO2S. The molecule has 1 aromatic rings. The molecule has 4 heteroatoms. The van der Waals surface area contributed by atoms with E-state index in [9.17, 15) is 4.79 Å². The predicted octanol–water partition coefficient (Wildman–Crippen LogP) is 2.50. The molecule has 0 unspecified atom stereocenters. The predicted molar refractivity (Wildman–Crippen MR) is 46.0 cm³/mol. The van der Waals surface area contributed by atoms with Gasteiger partial charge in [0, 0.05) is 16.3 Å². The number of halogens is 1. The third-order valence-corrected chi connectivity index (χ3v) is 2.22. The van der Waals surface area contributed by atoms with Crippen molar-refractivity contribution in [3.63, 3.8) is 0 Å². The first-order valence-corrected chi connectivity index (χ1v) is 4.09. The van der Waals surface area contributed by atoms with Crippen LogP contribution in [0.5, 0.6) is 0 Å². The van der Waals surface area contributed by atoms with Crippen molar-refractivity contribution in [3.05, 3.63) is 27.4 Å². The van der Waals surface area contributed by atoms with Crippen LogP contribution < -0.4 is 0 Å². The fourth-order valence-corrected chi connectivity index (χ4v) is 1.54. The Bertz CT molecular complexity index is 290. The van der Waals surface area contributed by atoms with Crippen LogP contribution in [0.2, 0.25) is 5.02 Å². The van der Waals surface area contributed by atoms with Crippen molar-refractivity contribution in [2.75, 3.05) is 0 Å². The van der Waals surface area contributed by atoms with Crippen LogP contribution >= 0.6 is 22.9 Å². The Labute approximate surface area is 72.7 Å². The van der Waals surface area contributed by atoms with Gasteiger partial charge in [0.1, 0.15) is 0 Å². The van der Waals surface area contributed by atoms with Crippen LogP contribution in [0.1, 0.15) is 4.88 Å². The molecule has 1 N–H and O–H groups in total. The number of carboxylic acid groups (broad SMARTS) is 1. The summed E-state index contributed by atoms with van der Waals surface area (Å²) in [5.74, 6) is -0.950. The van der Waals surface area contributed by atoms with E-state index < -0.39 is 5.97 Å². The SMILES string of the molecule is O=C(O)/C=C/c1cc(Cl)cs1. The summed E-state index contributed by atoms with van der Waals surface area (Å²) in [5, 5.41) is 10.7. The van der Waals surface area contributed by atoms with Gasteiger partial charge in [0.2, 0.25) is 0 Å². The molecule has 0 radical (unpaired) electrons. The number of carboxylic acids is 1. The standard InChI is InChI=1S/C7H5ClO2S/c8-5-3-6(11-4-5)1-2-7(9)10/h1-4H,(H,9,10)/b2-1+. The molecule has 0 spiro atoms. The highest BCUT2D eigenvalue weighted by Crippen LogP contribution is 2.19. The molecule has 0 fully saturated rings. The molecule has 58 valence electrons. The van der Waals surface area contributed by atoms with Crippen LogP contribution in [0.25, 0.3) is 6.08 Å². The van der Waals surface area contributed by atoms with Crippen molar-refractivity contribution in [1.82, 2.24) is 0 Å². The minimum Gasteiger partial charge on any atom is -0.478 e. The molecule has 2 nitrogen and oxygen atoms in total. The molecule has 1 aromatic heterocycles. The van der Waals surface area contributed by atoms with E-state index in [0.717, 1.165) is 11.0 Å². The second-order valence-electron chi connectivity index (χ2n) is 1.84. The smallest absolute Gasteiger partial charge is 0.328 e. The summed E-state index contributed by atoms with van der Waals surface area (Å²) in [5.41, 5.74) is 0. The van der Waals surface area contributed by atoms with E-state index in [1.54, 1.807) is 11.4 Å². The molecule has 0 amide bonds. The zero-order valence-corrected chi connectivity index (χ0v) is 7.02. The lowest BCUT2D eigenvalue weighted by Gasteiger charge is -1.79. The third kappa shape index (κ3) is 2.74. The van der Waals surface area contributed by atoms with E-state index >= 15 is 0 Å². The van der Waals surface area contributed by atoms with Crippen molar-refractivity contribution in [2.45, 2.75) is 0 Å². The molecule has 0 saturated heterocycles. The largest absolute Gasteiger partial charge is 0.478 e. The van der Waals surface area contributed by atoms with Crippen molar-refractivity contribution in [2.24, 2.45) is 0 Å². The summed E-state index contributed by atoms with van der Waals surface area (Å²) in [6, 6.07) is 1.71. The van der Waals surface area contributed by atoms with Gasteiger partial charge in [-0.2, -0.15) is 0 Å². The number of hydrogen-bond acceptors (Lipinski definition) is 2. The summed E-state index contributed by atoms with van der Waals surface area (Å²) in [6.45, 7) is 0. The molecule has 0 atom stereocenters. The Balaban J connectivity index is 2.71. The lowest BCUT2D eigenvalue weighted by Crippen LogP contribution is -1.84. The summed E-state index contributed by atoms with van der Waals surface area (Å²) >= 11 is 7.01. The Morgan fingerprint density at radius 1 is 1.73 bits per heavy atom. The quantitative estimate of drug-likeness (QED) is 0.725. The summed E-state index contributed by atoms with van der Waals surface area (Å²) in [6.07, 6.45) is 2.60. The van der Waals surface area contributed by atoms with Gasteiger partial charge in [0.25, 0.3) is 0 Å². The van der Waals surface area contributed by atoms with Gasteiger partial charge in [-0.15, -0.1) is 11.3 Å². The van der Waals surface area contributed by atoms with E-state index in [1.807, 2.05) is 0 Å². The minimum absolute atomic E-state index is 0.639. The lowest BCUT2D eigenvalue weighted by molar-refractivity contribution is -0.131. The minimum atomic E-state index is -0.950. The maximum atomic E-state index is 10.1. The first kappa shape index (κ1) is 8.30. The molecule has 0 aromatic carbocycles. The van der Waals surface area contributed by atoms with E-state index in [-0.39, 0.29) is 0 Å². The molecule has 11 heavy (non-hydrogen) atoms. The lowest BCUT2D eigenvalue weighted by atomic mass is 10.4. The average molecular weight is 189 g/mol. The van der Waals surface area contributed by atoms with Gasteiger partial charge in [-0.25, -0.2) is 4.79 Å². The van der Waals surface area contributed by atoms with Gasteiger partial charge in [0.05, 0.1) is 5.02 Å². The molecule has 0 aliphatic carbocycles. The van der Waals surface area contributed by atoms with Crippen molar-refractivity contribution in [1.29, 1.82) is 0 Å². The van der Waals surface area contributed by atoms with Crippen LogP contribution in [0.15, 0.2) is 17.5 Å². The van der Waals surface area contributed by atoms with Gasteiger partial charge in [-0.05, 0) is 12.1 Å². The molecular weight excluding hydrogens is 184 g/mol. The Hall–Kier alpha value is -0.800. The molecule has 1 rings (SSSR count). The molecule has 0 saturated carbocycles. The average Bonchev–Trinajstić information content (AvgIpc) is 2.31. The molecule has 0 aliphatic heterocycles. The number of thiophene rings is 1. The third-order valence-electron chi connectivity index (χ3n) is 0.978. The fourth-order valence-electron chi connectivity index (χ4n) is 0.569. The van der Waals surface area contributed by atoms with Gasteiger partial charge >= 0.3 is 5.97 Å². The first-order valence-electron chi connectivity index (χ1n) is 2.83. The monoisotopic (exact) mass is 188 g/mol. The normalized spacial score (nSPS) is 10.6. The maximum absolute atomic E-state index is 10.1. The Kier molecular flexibility index (Phi) is 2.68. The summed E-state index contributed by atoms with van der Waals surface area (Å²) in [4.78, 5) is 10.9. The zero-order valence-electron chi connectivity index (χ0n) is 5.45. The van der Waals surface area contributed by atoms with Crippen molar-refractivity contribution >= 4 is 35.0 Å². The van der Waals surface area contributed by atoms with Gasteiger partial charge in [0.15, 0.2) is 0 Å². The van der Waals surface area contributed by atoms with Crippen molar-refractivity contribution < 1.29 is 9.90 Å². The fraction of sp³-hybridized carbons (Fsp3) is 0. The van der Waals surface area contributed by atoms with Gasteiger partial charge in [-0.3, -0.25) is 0 Å². The highest BCUT2D eigenvalue weighted by Gasteiger charge is 1.93. The van der Waals surface area contributed by atoms with Gasteiger partial charge < -0.3 is 5.11 Å². The number of hydrogen-bond donors (Lipinski definition) is 1. The highest BCUT2D eigenvalue weighted by atomic mass is 35.5. The van der Waals surface area contributed by atoms with E-state index in [1.165, 1.54) is 17.4 Å². The molecule has 1 heterocycles. The van der Waals surface area contributed by atoms with E-state index in [2.05, 4.69) is 0 Å². The van der Waals surface area contributed by atoms with E-state index in [0.29, 0.717) is 5.02 Å². The Morgan fingerprint density at radius 3 is 2.91 bits per heavy atom. The first-order chi connectivity index (χ1) is 5.18.